The summed E-state index contributed by atoms with van der Waals surface area (Å²) < 4.78 is 1.67. The van der Waals surface area contributed by atoms with Crippen LogP contribution >= 0.6 is 11.6 Å². The number of rotatable bonds is 4. The van der Waals surface area contributed by atoms with E-state index in [-0.39, 0.29) is 11.9 Å². The summed E-state index contributed by atoms with van der Waals surface area (Å²) in [6, 6.07) is 15.1. The van der Waals surface area contributed by atoms with Crippen LogP contribution in [-0.2, 0) is 0 Å². The number of carbonyl (C=O) groups excluding carboxylic acids is 1. The summed E-state index contributed by atoms with van der Waals surface area (Å²) in [6.07, 6.45) is 0. The monoisotopic (exact) mass is 354 g/mol. The number of aryl methyl sites for hydroxylation is 1. The number of amides is 1. The van der Waals surface area contributed by atoms with Gasteiger partial charge in [-0.3, -0.25) is 4.79 Å². The third kappa shape index (κ3) is 3.72. The fourth-order valence-electron chi connectivity index (χ4n) is 2.59. The topological polar surface area (TPSA) is 59.8 Å². The zero-order chi connectivity index (χ0) is 18.0. The molecule has 25 heavy (non-hydrogen) atoms. The number of hydrogen-bond donors (Lipinski definition) is 1. The maximum atomic E-state index is 12.6. The number of hydrogen-bond acceptors (Lipinski definition) is 3. The van der Waals surface area contributed by atoms with Crippen LogP contribution in [0.3, 0.4) is 0 Å². The molecule has 0 radical (unpaired) electrons. The van der Waals surface area contributed by atoms with Crippen molar-refractivity contribution in [2.45, 2.75) is 26.8 Å². The predicted octanol–water partition coefficient (Wildman–Crippen LogP) is 4.03. The van der Waals surface area contributed by atoms with Crippen LogP contribution in [0.15, 0.2) is 48.5 Å². The Hall–Kier alpha value is -2.66. The van der Waals surface area contributed by atoms with Crippen molar-refractivity contribution in [3.63, 3.8) is 0 Å². The average Bonchev–Trinajstić information content (AvgIpc) is 2.97. The molecule has 1 aromatic heterocycles. The van der Waals surface area contributed by atoms with E-state index >= 15 is 0 Å². The van der Waals surface area contributed by atoms with Crippen molar-refractivity contribution in [3.05, 3.63) is 76.1 Å². The molecular weight excluding hydrogens is 336 g/mol. The van der Waals surface area contributed by atoms with Crippen LogP contribution < -0.4 is 5.32 Å². The highest BCUT2D eigenvalue weighted by Gasteiger charge is 2.19. The second-order valence-corrected chi connectivity index (χ2v) is 6.46. The van der Waals surface area contributed by atoms with Crippen LogP contribution in [0.5, 0.6) is 0 Å². The van der Waals surface area contributed by atoms with E-state index in [1.165, 1.54) is 0 Å². The molecule has 0 saturated carbocycles. The lowest BCUT2D eigenvalue weighted by Crippen LogP contribution is -2.27. The molecule has 5 nitrogen and oxygen atoms in total. The van der Waals surface area contributed by atoms with E-state index in [1.54, 1.807) is 10.7 Å². The minimum Gasteiger partial charge on any atom is -0.344 e. The Morgan fingerprint density at radius 1 is 1.16 bits per heavy atom. The van der Waals surface area contributed by atoms with Crippen molar-refractivity contribution in [1.82, 2.24) is 20.3 Å². The average molecular weight is 355 g/mol. The molecular formula is C19H19ClN4O. The second-order valence-electron chi connectivity index (χ2n) is 6.02. The summed E-state index contributed by atoms with van der Waals surface area (Å²) in [5.41, 5.74) is 3.98. The highest BCUT2D eigenvalue weighted by Crippen LogP contribution is 2.18. The summed E-state index contributed by atoms with van der Waals surface area (Å²) in [5.74, 6) is -0.261. The summed E-state index contributed by atoms with van der Waals surface area (Å²) in [4.78, 5) is 12.6. The van der Waals surface area contributed by atoms with Gasteiger partial charge >= 0.3 is 0 Å². The molecule has 0 spiro atoms. The van der Waals surface area contributed by atoms with Crippen LogP contribution in [0, 0.1) is 13.8 Å². The fraction of sp³-hybridized carbons (Fsp3) is 0.211. The Morgan fingerprint density at radius 3 is 2.56 bits per heavy atom. The van der Waals surface area contributed by atoms with E-state index in [9.17, 15) is 4.79 Å². The lowest BCUT2D eigenvalue weighted by molar-refractivity contribution is 0.0934. The fourth-order valence-corrected chi connectivity index (χ4v) is 2.79. The molecule has 0 bridgehead atoms. The molecule has 1 atom stereocenters. The lowest BCUT2D eigenvalue weighted by atomic mass is 10.1. The van der Waals surface area contributed by atoms with Gasteiger partial charge in [0.15, 0.2) is 5.69 Å². The van der Waals surface area contributed by atoms with Gasteiger partial charge in [-0.15, -0.1) is 5.10 Å². The molecule has 0 fully saturated rings. The first-order valence-electron chi connectivity index (χ1n) is 8.01. The second kappa shape index (κ2) is 7.07. The predicted molar refractivity (Wildman–Crippen MR) is 98.2 cm³/mol. The summed E-state index contributed by atoms with van der Waals surface area (Å²) in [6.45, 7) is 5.76. The van der Waals surface area contributed by atoms with E-state index in [1.807, 2.05) is 63.2 Å². The van der Waals surface area contributed by atoms with E-state index in [2.05, 4.69) is 15.6 Å². The molecule has 0 aliphatic heterocycles. The highest BCUT2D eigenvalue weighted by molar-refractivity contribution is 6.30. The first-order valence-corrected chi connectivity index (χ1v) is 8.39. The molecule has 1 amide bonds. The Kier molecular flexibility index (Phi) is 4.86. The van der Waals surface area contributed by atoms with Crippen LogP contribution in [0.2, 0.25) is 5.02 Å². The Morgan fingerprint density at radius 2 is 1.88 bits per heavy atom. The van der Waals surface area contributed by atoms with Crippen LogP contribution in [0.4, 0.5) is 0 Å². The third-order valence-corrected chi connectivity index (χ3v) is 4.32. The normalized spacial score (nSPS) is 12.0. The number of aromatic nitrogens is 3. The van der Waals surface area contributed by atoms with Gasteiger partial charge < -0.3 is 5.32 Å². The summed E-state index contributed by atoms with van der Waals surface area (Å²) in [5, 5.41) is 11.7. The largest absolute Gasteiger partial charge is 0.344 e. The molecule has 1 heterocycles. The van der Waals surface area contributed by atoms with Crippen molar-refractivity contribution < 1.29 is 4.79 Å². The van der Waals surface area contributed by atoms with Crippen LogP contribution in [0.1, 0.15) is 40.3 Å². The molecule has 1 unspecified atom stereocenters. The molecule has 128 valence electrons. The van der Waals surface area contributed by atoms with Gasteiger partial charge in [0.1, 0.15) is 0 Å². The number of nitrogens with zero attached hydrogens (tertiary/aromatic N) is 3. The van der Waals surface area contributed by atoms with Crippen LogP contribution in [-0.4, -0.2) is 20.9 Å². The van der Waals surface area contributed by atoms with Crippen LogP contribution in [0.25, 0.3) is 5.69 Å². The Labute approximate surface area is 151 Å². The molecule has 0 saturated heterocycles. The van der Waals surface area contributed by atoms with E-state index in [4.69, 9.17) is 11.6 Å². The van der Waals surface area contributed by atoms with Gasteiger partial charge in [0.05, 0.1) is 17.4 Å². The maximum Gasteiger partial charge on any atom is 0.274 e. The SMILES string of the molecule is Cc1ccc(-n2nnc(C(=O)NC(C)c3cccc(Cl)c3)c2C)cc1. The number of nitrogens with one attached hydrogen (secondary N) is 1. The molecule has 1 N–H and O–H groups in total. The van der Waals surface area contributed by atoms with Crippen molar-refractivity contribution in [1.29, 1.82) is 0 Å². The van der Waals surface area contributed by atoms with E-state index in [0.29, 0.717) is 16.4 Å². The third-order valence-electron chi connectivity index (χ3n) is 4.08. The number of benzene rings is 2. The van der Waals surface area contributed by atoms with Gasteiger partial charge in [-0.05, 0) is 50.6 Å². The summed E-state index contributed by atoms with van der Waals surface area (Å²) >= 11 is 6.01. The van der Waals surface area contributed by atoms with Gasteiger partial charge in [0.25, 0.3) is 5.91 Å². The van der Waals surface area contributed by atoms with Crippen molar-refractivity contribution in [2.75, 3.05) is 0 Å². The lowest BCUT2D eigenvalue weighted by Gasteiger charge is -2.14. The number of halogens is 1. The number of carbonyl (C=O) groups is 1. The van der Waals surface area contributed by atoms with Gasteiger partial charge in [0, 0.05) is 5.02 Å². The zero-order valence-corrected chi connectivity index (χ0v) is 15.1. The van der Waals surface area contributed by atoms with E-state index < -0.39 is 0 Å². The maximum absolute atomic E-state index is 12.6. The molecule has 2 aromatic carbocycles. The smallest absolute Gasteiger partial charge is 0.274 e. The standard InChI is InChI=1S/C19H19ClN4O/c1-12-7-9-17(10-8-12)24-14(3)18(22-23-24)19(25)21-13(2)15-5-4-6-16(20)11-15/h4-11,13H,1-3H3,(H,21,25). The van der Waals surface area contributed by atoms with Gasteiger partial charge in [-0.2, -0.15) is 0 Å². The quantitative estimate of drug-likeness (QED) is 0.769. The van der Waals surface area contributed by atoms with E-state index in [0.717, 1.165) is 16.8 Å². The summed E-state index contributed by atoms with van der Waals surface area (Å²) in [7, 11) is 0. The van der Waals surface area contributed by atoms with Crippen molar-refractivity contribution in [2.24, 2.45) is 0 Å². The molecule has 0 aliphatic carbocycles. The Balaban J connectivity index is 1.80. The molecule has 3 rings (SSSR count). The van der Waals surface area contributed by atoms with Crippen molar-refractivity contribution in [3.8, 4) is 5.69 Å². The highest BCUT2D eigenvalue weighted by atomic mass is 35.5. The molecule has 0 aliphatic rings. The van der Waals surface area contributed by atoms with Crippen molar-refractivity contribution >= 4 is 17.5 Å². The molecule has 6 heteroatoms. The first-order chi connectivity index (χ1) is 12.0. The molecule has 3 aromatic rings. The van der Waals surface area contributed by atoms with Gasteiger partial charge in [-0.25, -0.2) is 4.68 Å². The minimum absolute atomic E-state index is 0.185. The zero-order valence-electron chi connectivity index (χ0n) is 14.3. The van der Waals surface area contributed by atoms with Gasteiger partial charge in [0.2, 0.25) is 0 Å². The Bertz CT molecular complexity index is 902. The first kappa shape index (κ1) is 17.2. The minimum atomic E-state index is -0.261. The van der Waals surface area contributed by atoms with Gasteiger partial charge in [-0.1, -0.05) is 46.6 Å².